The minimum Gasteiger partial charge on any atom is -0.493 e. The van der Waals surface area contributed by atoms with Crippen molar-refractivity contribution in [3.8, 4) is 29.6 Å². The summed E-state index contributed by atoms with van der Waals surface area (Å²) in [5.41, 5.74) is 1.08. The van der Waals surface area contributed by atoms with E-state index in [-0.39, 0.29) is 5.92 Å². The maximum Gasteiger partial charge on any atom is 0.203 e. The Hall–Kier alpha value is -1.82. The molecule has 1 atom stereocenters. The van der Waals surface area contributed by atoms with Gasteiger partial charge >= 0.3 is 0 Å². The first kappa shape index (κ1) is 15.2. The molecule has 0 aliphatic carbocycles. The van der Waals surface area contributed by atoms with Gasteiger partial charge in [-0.1, -0.05) is 19.4 Å². The first-order valence-electron chi connectivity index (χ1n) is 6.45. The van der Waals surface area contributed by atoms with E-state index in [9.17, 15) is 0 Å². The second-order valence-electron chi connectivity index (χ2n) is 4.32. The molecule has 1 aromatic carbocycles. The zero-order valence-corrected chi connectivity index (χ0v) is 12.2. The number of hydrogen-bond acceptors (Lipinski definition) is 3. The molecular formula is C16H22O3. The highest BCUT2D eigenvalue weighted by Gasteiger charge is 2.21. The van der Waals surface area contributed by atoms with E-state index >= 15 is 0 Å². The van der Waals surface area contributed by atoms with Crippen molar-refractivity contribution in [1.29, 1.82) is 0 Å². The van der Waals surface area contributed by atoms with Crippen molar-refractivity contribution >= 4 is 0 Å². The van der Waals surface area contributed by atoms with Gasteiger partial charge in [-0.25, -0.2) is 0 Å². The minimum atomic E-state index is 0.282. The topological polar surface area (TPSA) is 27.7 Å². The van der Waals surface area contributed by atoms with Gasteiger partial charge in [0, 0.05) is 12.0 Å². The number of rotatable bonds is 7. The average Bonchev–Trinajstić information content (AvgIpc) is 2.45. The molecule has 0 aliphatic rings. The lowest BCUT2D eigenvalue weighted by Gasteiger charge is -2.20. The summed E-state index contributed by atoms with van der Waals surface area (Å²) in [6.07, 6.45) is 8.26. The quantitative estimate of drug-likeness (QED) is 0.702. The summed E-state index contributed by atoms with van der Waals surface area (Å²) in [5.74, 6) is 5.03. The van der Waals surface area contributed by atoms with Crippen molar-refractivity contribution in [2.24, 2.45) is 0 Å². The van der Waals surface area contributed by atoms with Gasteiger partial charge in [-0.15, -0.1) is 12.3 Å². The first-order chi connectivity index (χ1) is 9.23. The second kappa shape index (κ2) is 7.58. The molecule has 1 rings (SSSR count). The standard InChI is InChI=1S/C16H22O3/c1-6-8-12(9-7-2)13-10-11-14(17-3)16(19-5)15(13)18-4/h1,10-12H,7-9H2,2-5H3. The van der Waals surface area contributed by atoms with Crippen molar-refractivity contribution in [2.45, 2.75) is 32.1 Å². The molecule has 0 aromatic heterocycles. The fraction of sp³-hybridized carbons (Fsp3) is 0.500. The number of methoxy groups -OCH3 is 3. The van der Waals surface area contributed by atoms with Gasteiger partial charge in [0.2, 0.25) is 5.75 Å². The first-order valence-corrected chi connectivity index (χ1v) is 6.45. The third-order valence-corrected chi connectivity index (χ3v) is 3.18. The second-order valence-corrected chi connectivity index (χ2v) is 4.32. The third kappa shape index (κ3) is 3.35. The number of terminal acetylenes is 1. The van der Waals surface area contributed by atoms with Gasteiger partial charge in [0.05, 0.1) is 21.3 Å². The van der Waals surface area contributed by atoms with Crippen molar-refractivity contribution in [2.75, 3.05) is 21.3 Å². The van der Waals surface area contributed by atoms with Crippen molar-refractivity contribution in [3.05, 3.63) is 17.7 Å². The minimum absolute atomic E-state index is 0.282. The molecule has 1 aromatic rings. The van der Waals surface area contributed by atoms with Gasteiger partial charge in [0.15, 0.2) is 11.5 Å². The molecule has 0 radical (unpaired) electrons. The van der Waals surface area contributed by atoms with Gasteiger partial charge in [-0.05, 0) is 18.4 Å². The van der Waals surface area contributed by atoms with Crippen molar-refractivity contribution in [1.82, 2.24) is 0 Å². The summed E-state index contributed by atoms with van der Waals surface area (Å²) in [5, 5.41) is 0. The lowest BCUT2D eigenvalue weighted by atomic mass is 9.90. The molecule has 3 nitrogen and oxygen atoms in total. The summed E-state index contributed by atoms with van der Waals surface area (Å²) < 4.78 is 16.2. The molecule has 0 spiro atoms. The Labute approximate surface area is 115 Å². The molecule has 0 saturated carbocycles. The predicted molar refractivity (Wildman–Crippen MR) is 77.2 cm³/mol. The number of hydrogen-bond donors (Lipinski definition) is 0. The Balaban J connectivity index is 3.29. The van der Waals surface area contributed by atoms with Crippen molar-refractivity contribution in [3.63, 3.8) is 0 Å². The van der Waals surface area contributed by atoms with E-state index in [1.807, 2.05) is 12.1 Å². The van der Waals surface area contributed by atoms with Crippen LogP contribution in [0.2, 0.25) is 0 Å². The van der Waals surface area contributed by atoms with Gasteiger partial charge in [-0.3, -0.25) is 0 Å². The molecular weight excluding hydrogens is 240 g/mol. The van der Waals surface area contributed by atoms with Crippen molar-refractivity contribution < 1.29 is 14.2 Å². The Bertz CT molecular complexity index is 446. The third-order valence-electron chi connectivity index (χ3n) is 3.18. The Morgan fingerprint density at radius 3 is 2.26 bits per heavy atom. The fourth-order valence-electron chi connectivity index (χ4n) is 2.30. The number of ether oxygens (including phenoxy) is 3. The predicted octanol–water partition coefficient (Wildman–Crippen LogP) is 3.62. The molecule has 0 fully saturated rings. The van der Waals surface area contributed by atoms with Crippen LogP contribution in [0.3, 0.4) is 0 Å². The largest absolute Gasteiger partial charge is 0.493 e. The zero-order valence-electron chi connectivity index (χ0n) is 12.2. The van der Waals surface area contributed by atoms with Crippen LogP contribution in [-0.4, -0.2) is 21.3 Å². The van der Waals surface area contributed by atoms with Gasteiger partial charge in [-0.2, -0.15) is 0 Å². The molecule has 0 heterocycles. The summed E-state index contributed by atoms with van der Waals surface area (Å²) in [7, 11) is 4.86. The van der Waals surface area contributed by atoms with Gasteiger partial charge in [0.1, 0.15) is 0 Å². The summed E-state index contributed by atoms with van der Waals surface area (Å²) in [6.45, 7) is 2.15. The highest BCUT2D eigenvalue weighted by molar-refractivity contribution is 5.57. The van der Waals surface area contributed by atoms with E-state index in [4.69, 9.17) is 20.6 Å². The van der Waals surface area contributed by atoms with E-state index in [0.717, 1.165) is 24.2 Å². The van der Waals surface area contributed by atoms with Crippen LogP contribution >= 0.6 is 0 Å². The Morgan fingerprint density at radius 1 is 1.11 bits per heavy atom. The van der Waals surface area contributed by atoms with Gasteiger partial charge in [0.25, 0.3) is 0 Å². The van der Waals surface area contributed by atoms with Crippen LogP contribution in [0.4, 0.5) is 0 Å². The lowest BCUT2D eigenvalue weighted by molar-refractivity contribution is 0.320. The van der Waals surface area contributed by atoms with Crippen LogP contribution in [0.1, 0.15) is 37.7 Å². The maximum absolute atomic E-state index is 5.51. The highest BCUT2D eigenvalue weighted by atomic mass is 16.5. The summed E-state index contributed by atoms with van der Waals surface area (Å²) in [4.78, 5) is 0. The van der Waals surface area contributed by atoms with Crippen LogP contribution in [0.15, 0.2) is 12.1 Å². The van der Waals surface area contributed by atoms with E-state index in [0.29, 0.717) is 17.9 Å². The lowest BCUT2D eigenvalue weighted by Crippen LogP contribution is -2.04. The number of benzene rings is 1. The van der Waals surface area contributed by atoms with E-state index in [1.165, 1.54) is 0 Å². The summed E-state index contributed by atoms with van der Waals surface area (Å²) >= 11 is 0. The fourth-order valence-corrected chi connectivity index (χ4v) is 2.30. The molecule has 0 bridgehead atoms. The zero-order chi connectivity index (χ0) is 14.3. The molecule has 1 unspecified atom stereocenters. The normalized spacial score (nSPS) is 11.5. The average molecular weight is 262 g/mol. The molecule has 0 aliphatic heterocycles. The molecule has 0 N–H and O–H groups in total. The molecule has 0 amide bonds. The van der Waals surface area contributed by atoms with Crippen LogP contribution in [0, 0.1) is 12.3 Å². The maximum atomic E-state index is 5.51. The molecule has 19 heavy (non-hydrogen) atoms. The van der Waals surface area contributed by atoms with E-state index in [1.54, 1.807) is 21.3 Å². The van der Waals surface area contributed by atoms with E-state index in [2.05, 4.69) is 12.8 Å². The van der Waals surface area contributed by atoms with Crippen LogP contribution in [0.25, 0.3) is 0 Å². The van der Waals surface area contributed by atoms with Crippen LogP contribution < -0.4 is 14.2 Å². The monoisotopic (exact) mass is 262 g/mol. The molecule has 3 heteroatoms. The molecule has 104 valence electrons. The van der Waals surface area contributed by atoms with Gasteiger partial charge < -0.3 is 14.2 Å². The van der Waals surface area contributed by atoms with Crippen LogP contribution in [0.5, 0.6) is 17.2 Å². The smallest absolute Gasteiger partial charge is 0.203 e. The Kier molecular flexibility index (Phi) is 6.08. The summed E-state index contributed by atoms with van der Waals surface area (Å²) in [6, 6.07) is 3.91. The molecule has 0 saturated heterocycles. The van der Waals surface area contributed by atoms with E-state index < -0.39 is 0 Å². The highest BCUT2D eigenvalue weighted by Crippen LogP contribution is 2.44. The van der Waals surface area contributed by atoms with Crippen LogP contribution in [-0.2, 0) is 0 Å². The SMILES string of the molecule is C#CCC(CCC)c1ccc(OC)c(OC)c1OC. The Morgan fingerprint density at radius 2 is 1.79 bits per heavy atom.